The van der Waals surface area contributed by atoms with Gasteiger partial charge in [0.25, 0.3) is 5.91 Å². The summed E-state index contributed by atoms with van der Waals surface area (Å²) in [7, 11) is 0. The number of nitrogens with zero attached hydrogens (tertiary/aromatic N) is 1. The molecule has 122 valence electrons. The van der Waals surface area contributed by atoms with Gasteiger partial charge in [-0.2, -0.15) is 0 Å². The van der Waals surface area contributed by atoms with Crippen LogP contribution in [-0.4, -0.2) is 34.0 Å². The van der Waals surface area contributed by atoms with E-state index in [4.69, 9.17) is 0 Å². The molecule has 0 spiro atoms. The van der Waals surface area contributed by atoms with Gasteiger partial charge in [-0.15, -0.1) is 0 Å². The van der Waals surface area contributed by atoms with E-state index in [1.165, 1.54) is 4.90 Å². The fourth-order valence-electron chi connectivity index (χ4n) is 3.81. The van der Waals surface area contributed by atoms with Crippen LogP contribution in [0, 0.1) is 18.8 Å². The van der Waals surface area contributed by atoms with Crippen molar-refractivity contribution in [1.29, 1.82) is 0 Å². The van der Waals surface area contributed by atoms with E-state index < -0.39 is 11.6 Å². The highest BCUT2D eigenvalue weighted by atomic mass is 16.3. The van der Waals surface area contributed by atoms with Crippen LogP contribution in [0.25, 0.3) is 0 Å². The third-order valence-electron chi connectivity index (χ3n) is 5.42. The Balaban J connectivity index is 1.53. The summed E-state index contributed by atoms with van der Waals surface area (Å²) in [6, 6.07) is 7.17. The van der Waals surface area contributed by atoms with Gasteiger partial charge in [0.1, 0.15) is 5.54 Å². The average Bonchev–Trinajstić information content (AvgIpc) is 3.42. The maximum atomic E-state index is 13.0. The Bertz CT molecular complexity index is 635. The summed E-state index contributed by atoms with van der Waals surface area (Å²) in [5.74, 6) is 0.444. The largest absolute Gasteiger partial charge is 0.387 e. The summed E-state index contributed by atoms with van der Waals surface area (Å²) in [6.07, 6.45) is 3.20. The van der Waals surface area contributed by atoms with Gasteiger partial charge in [0.15, 0.2) is 0 Å². The Morgan fingerprint density at radius 1 is 1.17 bits per heavy atom. The van der Waals surface area contributed by atoms with Gasteiger partial charge >= 0.3 is 6.03 Å². The van der Waals surface area contributed by atoms with Crippen molar-refractivity contribution < 1.29 is 14.7 Å². The zero-order chi connectivity index (χ0) is 16.2. The molecule has 1 heterocycles. The molecule has 1 atom stereocenters. The van der Waals surface area contributed by atoms with Crippen molar-refractivity contribution in [3.63, 3.8) is 0 Å². The molecular formula is C18H22N2O3. The summed E-state index contributed by atoms with van der Waals surface area (Å²) in [4.78, 5) is 26.5. The molecule has 3 fully saturated rings. The van der Waals surface area contributed by atoms with Crippen LogP contribution in [0.2, 0.25) is 0 Å². The smallest absolute Gasteiger partial charge is 0.325 e. The Morgan fingerprint density at radius 2 is 1.74 bits per heavy atom. The predicted octanol–water partition coefficient (Wildman–Crippen LogP) is 2.14. The van der Waals surface area contributed by atoms with Gasteiger partial charge in [0.05, 0.1) is 12.6 Å². The minimum atomic E-state index is -0.848. The molecule has 2 N–H and O–H groups in total. The molecule has 1 unspecified atom stereocenters. The first-order chi connectivity index (χ1) is 11.0. The summed E-state index contributed by atoms with van der Waals surface area (Å²) in [5, 5.41) is 13.4. The van der Waals surface area contributed by atoms with E-state index in [9.17, 15) is 14.7 Å². The lowest BCUT2D eigenvalue weighted by molar-refractivity contribution is -0.133. The Morgan fingerprint density at radius 3 is 2.26 bits per heavy atom. The van der Waals surface area contributed by atoms with Gasteiger partial charge in [0, 0.05) is 0 Å². The molecule has 0 radical (unpaired) electrons. The summed E-state index contributed by atoms with van der Waals surface area (Å²) in [6.45, 7) is 2.00. The van der Waals surface area contributed by atoms with E-state index in [-0.39, 0.29) is 30.3 Å². The summed E-state index contributed by atoms with van der Waals surface area (Å²) in [5.41, 5.74) is 1.16. The van der Waals surface area contributed by atoms with Gasteiger partial charge in [-0.3, -0.25) is 9.69 Å². The molecule has 3 aliphatic rings. The first kappa shape index (κ1) is 14.7. The number of benzene rings is 1. The molecule has 0 bridgehead atoms. The molecule has 5 nitrogen and oxygen atoms in total. The number of aryl methyl sites for hydroxylation is 1. The minimum absolute atomic E-state index is 0.0227. The number of carbonyl (C=O) groups is 2. The quantitative estimate of drug-likeness (QED) is 0.818. The predicted molar refractivity (Wildman–Crippen MR) is 84.6 cm³/mol. The third-order valence-corrected chi connectivity index (χ3v) is 5.42. The van der Waals surface area contributed by atoms with Crippen LogP contribution in [0.5, 0.6) is 0 Å². The van der Waals surface area contributed by atoms with E-state index in [1.807, 2.05) is 31.2 Å². The van der Waals surface area contributed by atoms with Crippen molar-refractivity contribution in [3.05, 3.63) is 35.4 Å². The first-order valence-corrected chi connectivity index (χ1v) is 8.41. The molecule has 1 aliphatic heterocycles. The number of nitrogens with one attached hydrogen (secondary N) is 1. The lowest BCUT2D eigenvalue weighted by atomic mass is 9.87. The molecule has 4 rings (SSSR count). The molecule has 2 saturated carbocycles. The maximum Gasteiger partial charge on any atom is 0.325 e. The van der Waals surface area contributed by atoms with Crippen LogP contribution in [0.4, 0.5) is 4.79 Å². The number of aliphatic hydroxyl groups is 1. The first-order valence-electron chi connectivity index (χ1n) is 8.41. The monoisotopic (exact) mass is 314 g/mol. The average molecular weight is 314 g/mol. The number of rotatable bonds is 5. The minimum Gasteiger partial charge on any atom is -0.387 e. The summed E-state index contributed by atoms with van der Waals surface area (Å²) < 4.78 is 0. The third kappa shape index (κ3) is 2.34. The molecule has 0 aromatic heterocycles. The van der Waals surface area contributed by atoms with E-state index in [0.29, 0.717) is 0 Å². The number of amides is 3. The van der Waals surface area contributed by atoms with Crippen molar-refractivity contribution in [2.24, 2.45) is 11.8 Å². The van der Waals surface area contributed by atoms with E-state index in [1.54, 1.807) is 0 Å². The number of carbonyl (C=O) groups excluding carboxylic acids is 2. The fraction of sp³-hybridized carbons (Fsp3) is 0.556. The van der Waals surface area contributed by atoms with Crippen LogP contribution < -0.4 is 5.32 Å². The van der Waals surface area contributed by atoms with Crippen molar-refractivity contribution in [2.75, 3.05) is 6.54 Å². The second-order valence-corrected chi connectivity index (χ2v) is 7.19. The number of urea groups is 1. The highest BCUT2D eigenvalue weighted by Gasteiger charge is 2.65. The van der Waals surface area contributed by atoms with Gasteiger partial charge in [-0.25, -0.2) is 4.79 Å². The second-order valence-electron chi connectivity index (χ2n) is 7.19. The second kappa shape index (κ2) is 5.06. The lowest BCUT2D eigenvalue weighted by Crippen LogP contribution is -2.51. The Kier molecular flexibility index (Phi) is 3.23. The van der Waals surface area contributed by atoms with Crippen LogP contribution in [0.15, 0.2) is 24.3 Å². The molecule has 1 aromatic rings. The molecule has 23 heavy (non-hydrogen) atoms. The zero-order valence-corrected chi connectivity index (χ0v) is 13.3. The highest BCUT2D eigenvalue weighted by molar-refractivity contribution is 6.08. The van der Waals surface area contributed by atoms with Gasteiger partial charge < -0.3 is 10.4 Å². The van der Waals surface area contributed by atoms with Gasteiger partial charge in [0.2, 0.25) is 0 Å². The maximum absolute atomic E-state index is 13.0. The van der Waals surface area contributed by atoms with Crippen molar-refractivity contribution in [1.82, 2.24) is 10.2 Å². The normalized spacial score (nSPS) is 24.7. The Labute approximate surface area is 135 Å². The lowest BCUT2D eigenvalue weighted by Gasteiger charge is -2.27. The highest BCUT2D eigenvalue weighted by Crippen LogP contribution is 2.54. The topological polar surface area (TPSA) is 69.6 Å². The van der Waals surface area contributed by atoms with Crippen molar-refractivity contribution in [2.45, 2.75) is 44.2 Å². The van der Waals surface area contributed by atoms with Crippen LogP contribution in [-0.2, 0) is 4.79 Å². The SMILES string of the molecule is Cc1ccc(C(O)CN2C(=O)NC(C3CC3)(C3CC3)C2=O)cc1. The van der Waals surface area contributed by atoms with E-state index in [2.05, 4.69) is 5.32 Å². The molecule has 1 aromatic carbocycles. The van der Waals surface area contributed by atoms with Gasteiger partial charge in [-0.1, -0.05) is 29.8 Å². The van der Waals surface area contributed by atoms with E-state index in [0.717, 1.165) is 36.8 Å². The zero-order valence-electron chi connectivity index (χ0n) is 13.3. The van der Waals surface area contributed by atoms with Crippen LogP contribution in [0.1, 0.15) is 42.9 Å². The molecule has 3 amide bonds. The molecule has 2 aliphatic carbocycles. The number of aliphatic hydroxyl groups excluding tert-OH is 1. The van der Waals surface area contributed by atoms with Crippen molar-refractivity contribution >= 4 is 11.9 Å². The fourth-order valence-corrected chi connectivity index (χ4v) is 3.81. The molecule has 5 heteroatoms. The van der Waals surface area contributed by atoms with E-state index >= 15 is 0 Å². The molecule has 1 saturated heterocycles. The summed E-state index contributed by atoms with van der Waals surface area (Å²) >= 11 is 0. The van der Waals surface area contributed by atoms with Crippen molar-refractivity contribution in [3.8, 4) is 0 Å². The van der Waals surface area contributed by atoms with Crippen LogP contribution >= 0.6 is 0 Å². The molecular weight excluding hydrogens is 292 g/mol. The number of β-amino-alcohol motifs (C(OH)–C–C–N with tert-alkyl or cyclic N) is 1. The van der Waals surface area contributed by atoms with Gasteiger partial charge in [-0.05, 0) is 50.0 Å². The number of imide groups is 1. The number of hydrogen-bond acceptors (Lipinski definition) is 3. The Hall–Kier alpha value is -1.88. The number of hydrogen-bond donors (Lipinski definition) is 2. The van der Waals surface area contributed by atoms with Crippen LogP contribution in [0.3, 0.4) is 0 Å². The standard InChI is InChI=1S/C18H22N2O3/c1-11-2-4-12(5-3-11)15(21)10-20-16(22)18(13-6-7-13,14-8-9-14)19-17(20)23/h2-5,13-15,21H,6-10H2,1H3,(H,19,23).